The van der Waals surface area contributed by atoms with Gasteiger partial charge in [-0.25, -0.2) is 0 Å². The molecule has 0 radical (unpaired) electrons. The van der Waals surface area contributed by atoms with Gasteiger partial charge < -0.3 is 5.32 Å². The highest BCUT2D eigenvalue weighted by atomic mass is 16.6. The zero-order valence-electron chi connectivity index (χ0n) is 9.36. The van der Waals surface area contributed by atoms with Gasteiger partial charge in [-0.15, -0.1) is 15.0 Å². The number of non-ortho nitro benzene ring substituents is 1. The molecule has 0 atom stereocenters. The Morgan fingerprint density at radius 1 is 1.50 bits per heavy atom. The molecular formula is C10H8N6O2. The predicted molar refractivity (Wildman–Crippen MR) is 62.3 cm³/mol. The molecule has 1 aromatic carbocycles. The van der Waals surface area contributed by atoms with Crippen LogP contribution in [0.15, 0.2) is 24.3 Å². The number of nitrogens with zero attached hydrogens (tertiary/aromatic N) is 5. The zero-order valence-corrected chi connectivity index (χ0v) is 9.36. The molecule has 1 N–H and O–H groups in total. The van der Waals surface area contributed by atoms with Crippen molar-refractivity contribution in [3.8, 4) is 11.8 Å². The standard InChI is InChI=1S/C10H8N6O2/c1-12-10-9(6-11)13-15(14-10)7-3-2-4-8(5-7)16(17)18/h2-5H,1H3,(H,12,14). The lowest BCUT2D eigenvalue weighted by Gasteiger charge is -1.98. The molecule has 8 heteroatoms. The Hall–Kier alpha value is -2.95. The molecule has 0 amide bonds. The summed E-state index contributed by atoms with van der Waals surface area (Å²) >= 11 is 0. The second-order valence-electron chi connectivity index (χ2n) is 3.33. The fourth-order valence-electron chi connectivity index (χ4n) is 1.40. The molecule has 90 valence electrons. The lowest BCUT2D eigenvalue weighted by atomic mass is 10.3. The highest BCUT2D eigenvalue weighted by Crippen LogP contribution is 2.17. The largest absolute Gasteiger partial charge is 0.369 e. The molecule has 0 aliphatic rings. The number of hydrogen-bond donors (Lipinski definition) is 1. The molecule has 18 heavy (non-hydrogen) atoms. The highest BCUT2D eigenvalue weighted by molar-refractivity contribution is 5.48. The second-order valence-corrected chi connectivity index (χ2v) is 3.33. The maximum absolute atomic E-state index is 10.7. The Morgan fingerprint density at radius 3 is 2.83 bits per heavy atom. The van der Waals surface area contributed by atoms with E-state index < -0.39 is 4.92 Å². The van der Waals surface area contributed by atoms with Gasteiger partial charge >= 0.3 is 0 Å². The molecule has 1 aromatic heterocycles. The summed E-state index contributed by atoms with van der Waals surface area (Å²) < 4.78 is 0. The van der Waals surface area contributed by atoms with E-state index in [0.29, 0.717) is 11.5 Å². The smallest absolute Gasteiger partial charge is 0.271 e. The van der Waals surface area contributed by atoms with E-state index >= 15 is 0 Å². The van der Waals surface area contributed by atoms with Gasteiger partial charge in [0.15, 0.2) is 5.82 Å². The summed E-state index contributed by atoms with van der Waals surface area (Å²) in [5.74, 6) is 0.323. The van der Waals surface area contributed by atoms with E-state index in [0.717, 1.165) is 0 Å². The lowest BCUT2D eigenvalue weighted by molar-refractivity contribution is -0.384. The Bertz CT molecular complexity index is 642. The van der Waals surface area contributed by atoms with Crippen molar-refractivity contribution in [3.63, 3.8) is 0 Å². The fourth-order valence-corrected chi connectivity index (χ4v) is 1.40. The van der Waals surface area contributed by atoms with Gasteiger partial charge in [0.1, 0.15) is 6.07 Å². The molecule has 1 heterocycles. The first-order chi connectivity index (χ1) is 8.65. The summed E-state index contributed by atoms with van der Waals surface area (Å²) in [6.45, 7) is 0. The first-order valence-corrected chi connectivity index (χ1v) is 4.95. The van der Waals surface area contributed by atoms with Gasteiger partial charge in [-0.2, -0.15) is 5.26 Å². The topological polar surface area (TPSA) is 110 Å². The fraction of sp³-hybridized carbons (Fsp3) is 0.100. The molecular weight excluding hydrogens is 236 g/mol. The van der Waals surface area contributed by atoms with Crippen molar-refractivity contribution in [1.82, 2.24) is 15.0 Å². The number of nitro benzene ring substituents is 1. The maximum Gasteiger partial charge on any atom is 0.271 e. The molecule has 8 nitrogen and oxygen atoms in total. The van der Waals surface area contributed by atoms with E-state index in [-0.39, 0.29) is 11.4 Å². The van der Waals surface area contributed by atoms with Crippen molar-refractivity contribution in [2.24, 2.45) is 0 Å². The van der Waals surface area contributed by atoms with Crippen molar-refractivity contribution >= 4 is 11.5 Å². The van der Waals surface area contributed by atoms with E-state index in [2.05, 4.69) is 15.5 Å². The minimum atomic E-state index is -0.503. The Morgan fingerprint density at radius 2 is 2.28 bits per heavy atom. The Labute approximate surface area is 102 Å². The third kappa shape index (κ3) is 1.97. The van der Waals surface area contributed by atoms with Gasteiger partial charge in [0.25, 0.3) is 5.69 Å². The van der Waals surface area contributed by atoms with Crippen LogP contribution in [0.1, 0.15) is 5.69 Å². The van der Waals surface area contributed by atoms with Crippen LogP contribution >= 0.6 is 0 Å². The van der Waals surface area contributed by atoms with E-state index in [4.69, 9.17) is 5.26 Å². The van der Waals surface area contributed by atoms with Crippen molar-refractivity contribution in [2.75, 3.05) is 12.4 Å². The van der Waals surface area contributed by atoms with E-state index in [1.165, 1.54) is 23.0 Å². The third-order valence-corrected chi connectivity index (χ3v) is 2.23. The minimum absolute atomic E-state index is 0.0608. The molecule has 0 saturated heterocycles. The van der Waals surface area contributed by atoms with Crippen molar-refractivity contribution in [3.05, 3.63) is 40.1 Å². The third-order valence-electron chi connectivity index (χ3n) is 2.23. The number of hydrogen-bond acceptors (Lipinski definition) is 6. The highest BCUT2D eigenvalue weighted by Gasteiger charge is 2.12. The molecule has 0 saturated carbocycles. The van der Waals surface area contributed by atoms with Crippen LogP contribution in [0.2, 0.25) is 0 Å². The number of benzene rings is 1. The Balaban J connectivity index is 2.49. The van der Waals surface area contributed by atoms with Crippen LogP contribution in [0.3, 0.4) is 0 Å². The molecule has 0 spiro atoms. The summed E-state index contributed by atoms with van der Waals surface area (Å²) in [6.07, 6.45) is 0. The van der Waals surface area contributed by atoms with E-state index in [1.54, 1.807) is 13.1 Å². The summed E-state index contributed by atoms with van der Waals surface area (Å²) in [6, 6.07) is 7.74. The number of nitro groups is 1. The maximum atomic E-state index is 10.7. The first-order valence-electron chi connectivity index (χ1n) is 4.95. The quantitative estimate of drug-likeness (QED) is 0.639. The van der Waals surface area contributed by atoms with Gasteiger partial charge in [-0.1, -0.05) is 6.07 Å². The molecule has 2 aromatic rings. The van der Waals surface area contributed by atoms with E-state index in [1.807, 2.05) is 6.07 Å². The first kappa shape index (κ1) is 11.5. The molecule has 0 unspecified atom stereocenters. The van der Waals surface area contributed by atoms with Crippen molar-refractivity contribution in [2.45, 2.75) is 0 Å². The van der Waals surface area contributed by atoms with Crippen LogP contribution in [-0.4, -0.2) is 27.0 Å². The van der Waals surface area contributed by atoms with Crippen LogP contribution in [-0.2, 0) is 0 Å². The van der Waals surface area contributed by atoms with Crippen LogP contribution in [0, 0.1) is 21.4 Å². The summed E-state index contributed by atoms with van der Waals surface area (Å²) in [7, 11) is 1.61. The van der Waals surface area contributed by atoms with Crippen LogP contribution in [0.25, 0.3) is 5.69 Å². The predicted octanol–water partition coefficient (Wildman–Crippen LogP) is 1.09. The average Bonchev–Trinajstić information content (AvgIpc) is 2.82. The van der Waals surface area contributed by atoms with Gasteiger partial charge in [0, 0.05) is 19.2 Å². The number of anilines is 1. The van der Waals surface area contributed by atoms with Crippen molar-refractivity contribution < 1.29 is 4.92 Å². The second kappa shape index (κ2) is 4.50. The SMILES string of the molecule is CNc1nn(-c2cccc([N+](=O)[O-])c2)nc1C#N. The number of nitrogens with one attached hydrogen (secondary N) is 1. The van der Waals surface area contributed by atoms with Crippen molar-refractivity contribution in [1.29, 1.82) is 5.26 Å². The molecule has 2 rings (SSSR count). The number of rotatable bonds is 3. The van der Waals surface area contributed by atoms with Crippen LogP contribution < -0.4 is 5.32 Å². The van der Waals surface area contributed by atoms with E-state index in [9.17, 15) is 10.1 Å². The normalized spacial score (nSPS) is 9.78. The van der Waals surface area contributed by atoms with Gasteiger partial charge in [-0.3, -0.25) is 10.1 Å². The zero-order chi connectivity index (χ0) is 13.1. The monoisotopic (exact) mass is 244 g/mol. The molecule has 0 fully saturated rings. The van der Waals surface area contributed by atoms with Gasteiger partial charge in [-0.05, 0) is 6.07 Å². The lowest BCUT2D eigenvalue weighted by Crippen LogP contribution is -2.00. The Kier molecular flexibility index (Phi) is 2.89. The van der Waals surface area contributed by atoms with Gasteiger partial charge in [0.2, 0.25) is 5.69 Å². The summed E-state index contributed by atoms with van der Waals surface area (Å²) in [5, 5.41) is 30.2. The number of nitriles is 1. The minimum Gasteiger partial charge on any atom is -0.369 e. The van der Waals surface area contributed by atoms with Gasteiger partial charge in [0.05, 0.1) is 10.6 Å². The van der Waals surface area contributed by atoms with Crippen LogP contribution in [0.5, 0.6) is 0 Å². The number of aromatic nitrogens is 3. The average molecular weight is 244 g/mol. The molecule has 0 bridgehead atoms. The summed E-state index contributed by atoms with van der Waals surface area (Å²) in [5.41, 5.74) is 0.487. The van der Waals surface area contributed by atoms with Crippen LogP contribution in [0.4, 0.5) is 11.5 Å². The molecule has 0 aliphatic heterocycles. The molecule has 0 aliphatic carbocycles. The summed E-state index contributed by atoms with van der Waals surface area (Å²) in [4.78, 5) is 11.3.